The van der Waals surface area contributed by atoms with Crippen molar-refractivity contribution in [3.05, 3.63) is 54.2 Å². The number of hydrogen-bond acceptors (Lipinski definition) is 6. The molecule has 0 radical (unpaired) electrons. The van der Waals surface area contributed by atoms with Gasteiger partial charge in [-0.3, -0.25) is 4.84 Å². The Balaban J connectivity index is 1.46. The minimum absolute atomic E-state index is 0.0444. The molecule has 1 aromatic carbocycles. The zero-order valence-electron chi connectivity index (χ0n) is 13.8. The van der Waals surface area contributed by atoms with E-state index in [9.17, 15) is 0 Å². The second kappa shape index (κ2) is 5.67. The highest BCUT2D eigenvalue weighted by molar-refractivity contribution is 5.56. The largest absolute Gasteiger partial charge is 0.493 e. The highest BCUT2D eigenvalue weighted by atomic mass is 16.7. The number of fused-ring (bicyclic) bond motifs is 3. The first-order chi connectivity index (χ1) is 12.3. The molecular formula is C19H18N2O4. The van der Waals surface area contributed by atoms with Crippen molar-refractivity contribution in [1.29, 1.82) is 0 Å². The first-order valence-electron chi connectivity index (χ1n) is 8.36. The van der Waals surface area contributed by atoms with Crippen molar-refractivity contribution in [2.75, 3.05) is 19.0 Å². The highest BCUT2D eigenvalue weighted by Gasteiger charge is 2.40. The third-order valence-corrected chi connectivity index (χ3v) is 4.94. The first kappa shape index (κ1) is 14.6. The zero-order valence-corrected chi connectivity index (χ0v) is 13.8. The van der Waals surface area contributed by atoms with Crippen molar-refractivity contribution in [3.8, 4) is 17.2 Å². The molecule has 0 spiro atoms. The minimum Gasteiger partial charge on any atom is -0.493 e. The van der Waals surface area contributed by atoms with Crippen molar-refractivity contribution in [2.24, 2.45) is 0 Å². The summed E-state index contributed by atoms with van der Waals surface area (Å²) in [4.78, 5) is 10.6. The Kier molecular flexibility index (Phi) is 3.31. The van der Waals surface area contributed by atoms with Crippen molar-refractivity contribution in [2.45, 2.75) is 24.5 Å². The summed E-state index contributed by atoms with van der Waals surface area (Å²) in [5, 5.41) is 1.91. The number of methoxy groups -OCH3 is 1. The Hall–Kier alpha value is -2.73. The van der Waals surface area contributed by atoms with E-state index in [1.54, 1.807) is 13.3 Å². The van der Waals surface area contributed by atoms with Crippen LogP contribution in [0.4, 0.5) is 5.82 Å². The number of anilines is 1. The lowest BCUT2D eigenvalue weighted by molar-refractivity contribution is -0.0130. The van der Waals surface area contributed by atoms with Crippen LogP contribution in [0.5, 0.6) is 17.2 Å². The summed E-state index contributed by atoms with van der Waals surface area (Å²) in [6.07, 6.45) is 7.02. The molecule has 0 amide bonds. The lowest BCUT2D eigenvalue weighted by Gasteiger charge is -2.45. The molecule has 1 fully saturated rings. The van der Waals surface area contributed by atoms with Gasteiger partial charge in [-0.1, -0.05) is 18.2 Å². The maximum Gasteiger partial charge on any atom is 0.231 e. The van der Waals surface area contributed by atoms with Gasteiger partial charge >= 0.3 is 0 Å². The quantitative estimate of drug-likeness (QED) is 0.802. The molecule has 3 atom stereocenters. The van der Waals surface area contributed by atoms with Crippen molar-refractivity contribution >= 4 is 5.82 Å². The summed E-state index contributed by atoms with van der Waals surface area (Å²) in [7, 11) is 1.65. The summed E-state index contributed by atoms with van der Waals surface area (Å²) in [5.41, 5.74) is 1.14. The molecule has 0 unspecified atom stereocenters. The van der Waals surface area contributed by atoms with Crippen molar-refractivity contribution in [1.82, 2.24) is 4.98 Å². The van der Waals surface area contributed by atoms with Crippen LogP contribution < -0.4 is 19.3 Å². The molecular weight excluding hydrogens is 320 g/mol. The molecule has 0 saturated carbocycles. The number of rotatable bonds is 3. The average molecular weight is 338 g/mol. The third-order valence-electron chi connectivity index (χ3n) is 4.94. The lowest BCUT2D eigenvalue weighted by atomic mass is 9.81. The van der Waals surface area contributed by atoms with Gasteiger partial charge in [0.2, 0.25) is 12.5 Å². The molecule has 128 valence electrons. The standard InChI is InChI=1S/C19H18N2O4/c1-22-16-8-12(9-17-19(16)24-11-23-17)14-10-13-5-6-15(14)25-21(13)18-4-2-3-7-20-18/h2-9,13-15H,10-11H2,1H3/t13-,14-,15+/m0/s1. The maximum absolute atomic E-state index is 6.20. The number of pyridine rings is 1. The van der Waals surface area contributed by atoms with Crippen LogP contribution >= 0.6 is 0 Å². The van der Waals surface area contributed by atoms with Gasteiger partial charge in [0.1, 0.15) is 6.10 Å². The predicted molar refractivity (Wildman–Crippen MR) is 91.0 cm³/mol. The predicted octanol–water partition coefficient (Wildman–Crippen LogP) is 3.05. The molecule has 6 nitrogen and oxygen atoms in total. The lowest BCUT2D eigenvalue weighted by Crippen LogP contribution is -2.49. The van der Waals surface area contributed by atoms with Crippen molar-refractivity contribution < 1.29 is 19.0 Å². The Labute approximate surface area is 145 Å². The van der Waals surface area contributed by atoms with E-state index in [2.05, 4.69) is 17.1 Å². The molecule has 2 aromatic rings. The molecule has 4 aliphatic rings. The van der Waals surface area contributed by atoms with Crippen LogP contribution in [0.15, 0.2) is 48.7 Å². The molecule has 6 heteroatoms. The van der Waals surface area contributed by atoms with Gasteiger partial charge < -0.3 is 14.2 Å². The fourth-order valence-corrected chi connectivity index (χ4v) is 3.73. The molecule has 0 N–H and O–H groups in total. The molecule has 3 aliphatic heterocycles. The van der Waals surface area contributed by atoms with E-state index in [0.29, 0.717) is 11.5 Å². The summed E-state index contributed by atoms with van der Waals surface area (Å²) in [6.45, 7) is 0.232. The van der Waals surface area contributed by atoms with Crippen LogP contribution in [0, 0.1) is 0 Å². The van der Waals surface area contributed by atoms with Crippen LogP contribution in [0.3, 0.4) is 0 Å². The van der Waals surface area contributed by atoms with E-state index < -0.39 is 0 Å². The fraction of sp³-hybridized carbons (Fsp3) is 0.316. The Morgan fingerprint density at radius 3 is 2.92 bits per heavy atom. The Bertz CT molecular complexity index is 824. The van der Waals surface area contributed by atoms with Crippen LogP contribution in [0.2, 0.25) is 0 Å². The van der Waals surface area contributed by atoms with E-state index >= 15 is 0 Å². The molecule has 1 saturated heterocycles. The third kappa shape index (κ3) is 2.33. The average Bonchev–Trinajstić information content (AvgIpc) is 3.17. The maximum atomic E-state index is 6.20. The summed E-state index contributed by atoms with van der Waals surface area (Å²) in [6, 6.07) is 10.1. The first-order valence-corrected chi connectivity index (χ1v) is 8.36. The van der Waals surface area contributed by atoms with Crippen LogP contribution in [0.1, 0.15) is 17.9 Å². The molecule has 2 bridgehead atoms. The normalized spacial score (nSPS) is 26.1. The van der Waals surface area contributed by atoms with Gasteiger partial charge in [-0.25, -0.2) is 10.0 Å². The second-order valence-corrected chi connectivity index (χ2v) is 6.34. The van der Waals surface area contributed by atoms with Crippen LogP contribution in [0.25, 0.3) is 0 Å². The molecule has 4 heterocycles. The van der Waals surface area contributed by atoms with Gasteiger partial charge in [-0.05, 0) is 36.2 Å². The monoisotopic (exact) mass is 338 g/mol. The summed E-state index contributed by atoms with van der Waals surface area (Å²) >= 11 is 0. The smallest absolute Gasteiger partial charge is 0.231 e. The SMILES string of the molecule is COc1cc([C@@H]2C[C@@H]3C=C[C@H]2ON3c2ccccn2)cc2c1OCO2. The number of hydroxylamine groups is 1. The number of nitrogens with zero attached hydrogens (tertiary/aromatic N) is 2. The summed E-state index contributed by atoms with van der Waals surface area (Å²) in [5.74, 6) is 3.19. The van der Waals surface area contributed by atoms with Gasteiger partial charge in [-0.2, -0.15) is 0 Å². The summed E-state index contributed by atoms with van der Waals surface area (Å²) < 4.78 is 16.5. The molecule has 25 heavy (non-hydrogen) atoms. The Morgan fingerprint density at radius 2 is 2.16 bits per heavy atom. The minimum atomic E-state index is -0.0444. The van der Waals surface area contributed by atoms with Crippen LogP contribution in [-0.2, 0) is 4.84 Å². The van der Waals surface area contributed by atoms with Gasteiger partial charge in [0.15, 0.2) is 17.3 Å². The number of ether oxygens (including phenoxy) is 3. The van der Waals surface area contributed by atoms with Gasteiger partial charge in [-0.15, -0.1) is 0 Å². The number of aromatic nitrogens is 1. The zero-order chi connectivity index (χ0) is 16.8. The topological polar surface area (TPSA) is 53.1 Å². The number of hydrogen-bond donors (Lipinski definition) is 0. The second-order valence-electron chi connectivity index (χ2n) is 6.34. The van der Waals surface area contributed by atoms with Crippen LogP contribution in [-0.4, -0.2) is 31.0 Å². The van der Waals surface area contributed by atoms with E-state index in [4.69, 9.17) is 19.0 Å². The highest BCUT2D eigenvalue weighted by Crippen LogP contribution is 2.47. The molecule has 1 aliphatic carbocycles. The van der Waals surface area contributed by atoms with Gasteiger partial charge in [0.25, 0.3) is 0 Å². The fourth-order valence-electron chi connectivity index (χ4n) is 3.73. The Morgan fingerprint density at radius 1 is 1.20 bits per heavy atom. The molecule has 1 aromatic heterocycles. The van der Waals surface area contributed by atoms with Crippen molar-refractivity contribution in [3.63, 3.8) is 0 Å². The van der Waals surface area contributed by atoms with Gasteiger partial charge in [0.05, 0.1) is 13.2 Å². The van der Waals surface area contributed by atoms with Gasteiger partial charge in [0, 0.05) is 12.1 Å². The van der Waals surface area contributed by atoms with E-state index in [-0.39, 0.29) is 24.9 Å². The van der Waals surface area contributed by atoms with E-state index in [1.165, 1.54) is 0 Å². The van der Waals surface area contributed by atoms with E-state index in [0.717, 1.165) is 23.6 Å². The van der Waals surface area contributed by atoms with E-state index in [1.807, 2.05) is 35.4 Å². The number of benzene rings is 1. The molecule has 6 rings (SSSR count).